The summed E-state index contributed by atoms with van der Waals surface area (Å²) in [6, 6.07) is 18.2. The maximum Gasteiger partial charge on any atom is 0.323 e. The molecular weight excluding hydrogens is 394 g/mol. The number of benzene rings is 2. The van der Waals surface area contributed by atoms with Crippen LogP contribution >= 0.6 is 15.9 Å². The third-order valence-electron chi connectivity index (χ3n) is 3.64. The van der Waals surface area contributed by atoms with Crippen molar-refractivity contribution in [1.82, 2.24) is 4.98 Å². The predicted octanol–water partition coefficient (Wildman–Crippen LogP) is 5.84. The number of anilines is 2. The van der Waals surface area contributed by atoms with Crippen molar-refractivity contribution in [3.8, 4) is 11.6 Å². The first kappa shape index (κ1) is 17.9. The van der Waals surface area contributed by atoms with Gasteiger partial charge >= 0.3 is 6.03 Å². The Balaban J connectivity index is 1.72. The highest BCUT2D eigenvalue weighted by Gasteiger charge is 2.10. The van der Waals surface area contributed by atoms with Gasteiger partial charge in [0, 0.05) is 16.4 Å². The number of aryl methyl sites for hydroxylation is 1. The molecule has 0 saturated carbocycles. The van der Waals surface area contributed by atoms with Crippen molar-refractivity contribution in [2.45, 2.75) is 13.3 Å². The smallest absolute Gasteiger partial charge is 0.323 e. The number of pyridine rings is 1. The fourth-order valence-electron chi connectivity index (χ4n) is 2.33. The zero-order chi connectivity index (χ0) is 18.4. The number of nitrogens with one attached hydrogen (secondary N) is 2. The zero-order valence-corrected chi connectivity index (χ0v) is 15.8. The minimum atomic E-state index is -0.368. The third kappa shape index (κ3) is 4.83. The highest BCUT2D eigenvalue weighted by atomic mass is 79.9. The standard InChI is InChI=1S/C20H18BrN3O2/c1-2-14-5-3-6-17(13-14)26-19-18(7-4-12-22-19)24-20(25)23-16-10-8-15(21)9-11-16/h3-13H,2H2,1H3,(H2,23,24,25). The summed E-state index contributed by atoms with van der Waals surface area (Å²) < 4.78 is 6.80. The molecule has 132 valence electrons. The van der Waals surface area contributed by atoms with Crippen LogP contribution in [0.2, 0.25) is 0 Å². The van der Waals surface area contributed by atoms with Crippen molar-refractivity contribution in [3.05, 3.63) is 76.9 Å². The highest BCUT2D eigenvalue weighted by molar-refractivity contribution is 9.10. The molecule has 3 aromatic rings. The molecule has 0 unspecified atom stereocenters. The summed E-state index contributed by atoms with van der Waals surface area (Å²) in [6.45, 7) is 2.08. The minimum absolute atomic E-state index is 0.340. The van der Waals surface area contributed by atoms with Crippen molar-refractivity contribution >= 4 is 33.3 Å². The van der Waals surface area contributed by atoms with Crippen LogP contribution in [0, 0.1) is 0 Å². The maximum atomic E-state index is 12.3. The van der Waals surface area contributed by atoms with Gasteiger partial charge in [-0.2, -0.15) is 0 Å². The van der Waals surface area contributed by atoms with Gasteiger partial charge in [0.2, 0.25) is 5.88 Å². The van der Waals surface area contributed by atoms with E-state index in [1.807, 2.05) is 36.4 Å². The lowest BCUT2D eigenvalue weighted by Crippen LogP contribution is -2.19. The number of aromatic nitrogens is 1. The van der Waals surface area contributed by atoms with Gasteiger partial charge in [0.25, 0.3) is 0 Å². The Morgan fingerprint density at radius 2 is 1.88 bits per heavy atom. The number of nitrogens with zero attached hydrogens (tertiary/aromatic N) is 1. The summed E-state index contributed by atoms with van der Waals surface area (Å²) in [4.78, 5) is 16.5. The molecule has 26 heavy (non-hydrogen) atoms. The van der Waals surface area contributed by atoms with Crippen LogP contribution in [-0.4, -0.2) is 11.0 Å². The lowest BCUT2D eigenvalue weighted by molar-refractivity contribution is 0.262. The van der Waals surface area contributed by atoms with Crippen molar-refractivity contribution < 1.29 is 9.53 Å². The fourth-order valence-corrected chi connectivity index (χ4v) is 2.59. The highest BCUT2D eigenvalue weighted by Crippen LogP contribution is 2.27. The Bertz CT molecular complexity index is 898. The van der Waals surface area contributed by atoms with Crippen LogP contribution < -0.4 is 15.4 Å². The number of amides is 2. The summed E-state index contributed by atoms with van der Waals surface area (Å²) >= 11 is 3.36. The molecule has 0 aliphatic rings. The molecule has 0 aliphatic carbocycles. The first-order valence-electron chi connectivity index (χ1n) is 8.19. The third-order valence-corrected chi connectivity index (χ3v) is 4.17. The second-order valence-corrected chi connectivity index (χ2v) is 6.46. The lowest BCUT2D eigenvalue weighted by atomic mass is 10.2. The average Bonchev–Trinajstić information content (AvgIpc) is 2.65. The van der Waals surface area contributed by atoms with Gasteiger partial charge in [0.05, 0.1) is 0 Å². The molecule has 2 aromatic carbocycles. The van der Waals surface area contributed by atoms with Gasteiger partial charge in [-0.15, -0.1) is 0 Å². The molecule has 0 atom stereocenters. The van der Waals surface area contributed by atoms with Gasteiger partial charge in [0.15, 0.2) is 0 Å². The maximum absolute atomic E-state index is 12.3. The second kappa shape index (κ2) is 8.49. The Morgan fingerprint density at radius 3 is 2.65 bits per heavy atom. The molecule has 0 aliphatic heterocycles. The van der Waals surface area contributed by atoms with E-state index in [9.17, 15) is 4.79 Å². The topological polar surface area (TPSA) is 63.2 Å². The molecule has 2 N–H and O–H groups in total. The Morgan fingerprint density at radius 1 is 1.08 bits per heavy atom. The Hall–Kier alpha value is -2.86. The van der Waals surface area contributed by atoms with Crippen LogP contribution in [0.1, 0.15) is 12.5 Å². The van der Waals surface area contributed by atoms with E-state index in [1.165, 1.54) is 5.56 Å². The van der Waals surface area contributed by atoms with Crippen LogP contribution in [0.5, 0.6) is 11.6 Å². The van der Waals surface area contributed by atoms with Crippen molar-refractivity contribution in [2.24, 2.45) is 0 Å². The van der Waals surface area contributed by atoms with Crippen LogP contribution in [0.4, 0.5) is 16.2 Å². The van der Waals surface area contributed by atoms with E-state index in [2.05, 4.69) is 38.5 Å². The van der Waals surface area contributed by atoms with Crippen LogP contribution in [0.25, 0.3) is 0 Å². The van der Waals surface area contributed by atoms with Gasteiger partial charge in [-0.05, 0) is 60.5 Å². The summed E-state index contributed by atoms with van der Waals surface area (Å²) in [7, 11) is 0. The van der Waals surface area contributed by atoms with E-state index in [0.717, 1.165) is 10.9 Å². The van der Waals surface area contributed by atoms with Crippen LogP contribution in [0.3, 0.4) is 0 Å². The molecule has 0 radical (unpaired) electrons. The number of hydrogen-bond donors (Lipinski definition) is 2. The number of urea groups is 1. The quantitative estimate of drug-likeness (QED) is 0.553. The van der Waals surface area contributed by atoms with E-state index in [-0.39, 0.29) is 6.03 Å². The predicted molar refractivity (Wildman–Crippen MR) is 107 cm³/mol. The van der Waals surface area contributed by atoms with Gasteiger partial charge in [0.1, 0.15) is 11.4 Å². The molecular formula is C20H18BrN3O2. The van der Waals surface area contributed by atoms with Crippen molar-refractivity contribution in [1.29, 1.82) is 0 Å². The summed E-state index contributed by atoms with van der Waals surface area (Å²) in [5.74, 6) is 1.02. The number of halogens is 1. The number of rotatable bonds is 5. The molecule has 0 bridgehead atoms. The largest absolute Gasteiger partial charge is 0.437 e. The molecule has 0 saturated heterocycles. The average molecular weight is 412 g/mol. The summed E-state index contributed by atoms with van der Waals surface area (Å²) in [6.07, 6.45) is 2.54. The molecule has 0 fully saturated rings. The van der Waals surface area contributed by atoms with Gasteiger partial charge in [-0.25, -0.2) is 9.78 Å². The van der Waals surface area contributed by atoms with Crippen molar-refractivity contribution in [3.63, 3.8) is 0 Å². The summed E-state index contributed by atoms with van der Waals surface area (Å²) in [5.41, 5.74) is 2.35. The van der Waals surface area contributed by atoms with Crippen LogP contribution in [-0.2, 0) is 6.42 Å². The SMILES string of the molecule is CCc1cccc(Oc2ncccc2NC(=O)Nc2ccc(Br)cc2)c1. The number of hydrogen-bond acceptors (Lipinski definition) is 3. The Kier molecular flexibility index (Phi) is 5.86. The van der Waals surface area contributed by atoms with E-state index in [1.54, 1.807) is 30.5 Å². The molecule has 2 amide bonds. The van der Waals surface area contributed by atoms with E-state index >= 15 is 0 Å². The number of ether oxygens (including phenoxy) is 1. The number of carbonyl (C=O) groups excluding carboxylic acids is 1. The first-order chi connectivity index (χ1) is 12.6. The van der Waals surface area contributed by atoms with E-state index < -0.39 is 0 Å². The second-order valence-electron chi connectivity index (χ2n) is 5.55. The molecule has 1 aromatic heterocycles. The molecule has 5 nitrogen and oxygen atoms in total. The zero-order valence-electron chi connectivity index (χ0n) is 14.2. The summed E-state index contributed by atoms with van der Waals surface area (Å²) in [5, 5.41) is 5.55. The van der Waals surface area contributed by atoms with E-state index in [0.29, 0.717) is 23.0 Å². The monoisotopic (exact) mass is 411 g/mol. The fraction of sp³-hybridized carbons (Fsp3) is 0.100. The van der Waals surface area contributed by atoms with Gasteiger partial charge in [-0.1, -0.05) is 35.0 Å². The van der Waals surface area contributed by atoms with E-state index in [4.69, 9.17) is 4.74 Å². The molecule has 1 heterocycles. The van der Waals surface area contributed by atoms with Crippen LogP contribution in [0.15, 0.2) is 71.3 Å². The van der Waals surface area contributed by atoms with Crippen molar-refractivity contribution in [2.75, 3.05) is 10.6 Å². The lowest BCUT2D eigenvalue weighted by Gasteiger charge is -2.12. The van der Waals surface area contributed by atoms with Gasteiger partial charge < -0.3 is 15.4 Å². The molecule has 3 rings (SSSR count). The normalized spacial score (nSPS) is 10.2. The van der Waals surface area contributed by atoms with Gasteiger partial charge in [-0.3, -0.25) is 0 Å². The number of carbonyl (C=O) groups is 1. The Labute approximate surface area is 160 Å². The molecule has 0 spiro atoms. The minimum Gasteiger partial charge on any atom is -0.437 e. The molecule has 6 heteroatoms. The first-order valence-corrected chi connectivity index (χ1v) is 8.98.